The number of ether oxygens (including phenoxy) is 2. The van der Waals surface area contributed by atoms with E-state index >= 15 is 0 Å². The normalized spacial score (nSPS) is 30.8. The number of carbonyl (C=O) groups excluding carboxylic acids is 4. The van der Waals surface area contributed by atoms with Gasteiger partial charge in [0.2, 0.25) is 11.8 Å². The molecule has 3 N–H and O–H groups in total. The second-order valence-electron chi connectivity index (χ2n) is 10.8. The molecule has 40 heavy (non-hydrogen) atoms. The van der Waals surface area contributed by atoms with E-state index in [1.807, 2.05) is 57.2 Å². The minimum absolute atomic E-state index is 0.228. The molecule has 1 fully saturated rings. The van der Waals surface area contributed by atoms with Crippen LogP contribution in [0.5, 0.6) is 0 Å². The number of allylic oxidation sites excluding steroid dienone is 2. The Morgan fingerprint density at radius 1 is 1.02 bits per heavy atom. The second-order valence-corrected chi connectivity index (χ2v) is 10.8. The maximum atomic E-state index is 13.2. The summed E-state index contributed by atoms with van der Waals surface area (Å²) in [6, 6.07) is 5.25. The molecule has 1 aromatic rings. The smallest absolute Gasteiger partial charge is 0.325 e. The van der Waals surface area contributed by atoms with Crippen LogP contribution < -0.4 is 16.1 Å². The van der Waals surface area contributed by atoms with Crippen LogP contribution in [0.25, 0.3) is 6.08 Å². The van der Waals surface area contributed by atoms with Gasteiger partial charge in [-0.15, -0.1) is 0 Å². The van der Waals surface area contributed by atoms with E-state index in [1.54, 1.807) is 26.0 Å². The van der Waals surface area contributed by atoms with E-state index in [0.717, 1.165) is 11.1 Å². The summed E-state index contributed by atoms with van der Waals surface area (Å²) >= 11 is 0. The van der Waals surface area contributed by atoms with Gasteiger partial charge < -0.3 is 20.1 Å². The molecule has 0 spiro atoms. The molecule has 10 nitrogen and oxygen atoms in total. The van der Waals surface area contributed by atoms with Crippen LogP contribution in [0, 0.1) is 11.8 Å². The van der Waals surface area contributed by atoms with Gasteiger partial charge in [0.05, 0.1) is 12.0 Å². The number of nitrogens with one attached hydrogen (secondary N) is 3. The van der Waals surface area contributed by atoms with Gasteiger partial charge in [0, 0.05) is 13.7 Å². The average molecular weight is 555 g/mol. The summed E-state index contributed by atoms with van der Waals surface area (Å²) in [7, 11) is 1.53. The Morgan fingerprint density at radius 3 is 2.48 bits per heavy atom. The molecule has 4 bridgehead atoms. The molecule has 1 saturated heterocycles. The van der Waals surface area contributed by atoms with Crippen molar-refractivity contribution in [3.63, 3.8) is 0 Å². The third-order valence-electron chi connectivity index (χ3n) is 7.26. The minimum Gasteiger partial charge on any atom is -0.457 e. The van der Waals surface area contributed by atoms with Crippen LogP contribution in [0.3, 0.4) is 0 Å². The molecule has 3 rings (SSSR count). The lowest BCUT2D eigenvalue weighted by molar-refractivity contribution is -0.157. The first-order chi connectivity index (χ1) is 19.0. The van der Waals surface area contributed by atoms with Crippen LogP contribution in [-0.2, 0) is 28.7 Å². The lowest BCUT2D eigenvalue weighted by atomic mass is 9.99. The summed E-state index contributed by atoms with van der Waals surface area (Å²) in [5.41, 5.74) is 4.73. The van der Waals surface area contributed by atoms with E-state index in [4.69, 9.17) is 9.47 Å². The van der Waals surface area contributed by atoms with Gasteiger partial charge in [-0.1, -0.05) is 63.3 Å². The first-order valence-corrected chi connectivity index (χ1v) is 13.9. The summed E-state index contributed by atoms with van der Waals surface area (Å²) in [6.45, 7) is 9.16. The third-order valence-corrected chi connectivity index (χ3v) is 7.26. The van der Waals surface area contributed by atoms with E-state index < -0.39 is 48.1 Å². The highest BCUT2D eigenvalue weighted by atomic mass is 16.5. The standard InChI is InChI=1S/C30H42N4O6/c1-18(2)26-28(36)31-20(4)29(37)34-16-10-14-24(33-34)30(38)40-21(5)23-13-9-12-22(17-23)11-7-8-15-25(39-6)19(3)27(35)32-26/h7-9,11-13,15,17-21,24-26,33H,10,14,16H2,1-6H3,(H,31,36)(H,32,35)/b11-7+,15-8+/t19-,20+,21-,24+,25-,26+/m1/s1. The molecule has 218 valence electrons. The van der Waals surface area contributed by atoms with Crippen LogP contribution in [0.15, 0.2) is 42.5 Å². The van der Waals surface area contributed by atoms with Gasteiger partial charge >= 0.3 is 5.97 Å². The molecule has 0 aliphatic carbocycles. The molecule has 10 heteroatoms. The number of fused-ring (bicyclic) bond motifs is 4. The largest absolute Gasteiger partial charge is 0.457 e. The van der Waals surface area contributed by atoms with Crippen molar-refractivity contribution >= 4 is 29.8 Å². The number of rotatable bonds is 2. The summed E-state index contributed by atoms with van der Waals surface area (Å²) in [5, 5.41) is 6.92. The number of methoxy groups -OCH3 is 1. The molecule has 0 aromatic heterocycles. The zero-order valence-corrected chi connectivity index (χ0v) is 24.2. The number of carbonyl (C=O) groups is 4. The fraction of sp³-hybridized carbons (Fsp3) is 0.533. The van der Waals surface area contributed by atoms with Crippen LogP contribution in [0.1, 0.15) is 64.7 Å². The Balaban J connectivity index is 1.91. The molecule has 0 radical (unpaired) electrons. The van der Waals surface area contributed by atoms with Crippen molar-refractivity contribution in [3.05, 3.63) is 53.6 Å². The Bertz CT molecular complexity index is 1130. The summed E-state index contributed by atoms with van der Waals surface area (Å²) in [4.78, 5) is 52.4. The maximum absolute atomic E-state index is 13.2. The molecule has 3 amide bonds. The number of hydrogen-bond acceptors (Lipinski definition) is 7. The van der Waals surface area contributed by atoms with Crippen molar-refractivity contribution < 1.29 is 28.7 Å². The van der Waals surface area contributed by atoms with E-state index in [-0.39, 0.29) is 17.7 Å². The van der Waals surface area contributed by atoms with Crippen molar-refractivity contribution in [2.45, 2.75) is 77.8 Å². The van der Waals surface area contributed by atoms with Crippen LogP contribution in [0.2, 0.25) is 0 Å². The summed E-state index contributed by atoms with van der Waals surface area (Å²) in [5.74, 6) is -2.44. The monoisotopic (exact) mass is 554 g/mol. The molecule has 0 saturated carbocycles. The van der Waals surface area contributed by atoms with Crippen LogP contribution >= 0.6 is 0 Å². The van der Waals surface area contributed by atoms with Crippen molar-refractivity contribution in [1.29, 1.82) is 0 Å². The highest BCUT2D eigenvalue weighted by Crippen LogP contribution is 2.21. The molecule has 6 atom stereocenters. The van der Waals surface area contributed by atoms with Crippen molar-refractivity contribution in [2.24, 2.45) is 11.8 Å². The topological polar surface area (TPSA) is 126 Å². The van der Waals surface area contributed by atoms with Gasteiger partial charge in [-0.25, -0.2) is 5.43 Å². The van der Waals surface area contributed by atoms with Gasteiger partial charge in [-0.05, 0) is 49.8 Å². The Labute approximate surface area is 236 Å². The Kier molecular flexibility index (Phi) is 11.0. The molecule has 0 unspecified atom stereocenters. The highest BCUT2D eigenvalue weighted by molar-refractivity contribution is 5.92. The second kappa shape index (κ2) is 14.2. The van der Waals surface area contributed by atoms with E-state index in [9.17, 15) is 19.2 Å². The predicted octanol–water partition coefficient (Wildman–Crippen LogP) is 2.67. The predicted molar refractivity (Wildman–Crippen MR) is 151 cm³/mol. The quantitative estimate of drug-likeness (QED) is 0.480. The van der Waals surface area contributed by atoms with Crippen molar-refractivity contribution in [3.8, 4) is 0 Å². The number of benzene rings is 1. The SMILES string of the molecule is CO[C@@H]1/C=C/C=C/c2cccc(c2)[C@@H](C)OC(=O)[C@@H]2CCCN(N2)C(=O)[C@H](C)NC(=O)[C@H](C(C)C)NC(=O)[C@@H]1C. The molecule has 2 aliphatic rings. The number of hydrazine groups is 1. The number of amides is 3. The van der Waals surface area contributed by atoms with Crippen LogP contribution in [-0.4, -0.2) is 66.6 Å². The van der Waals surface area contributed by atoms with Crippen LogP contribution in [0.4, 0.5) is 0 Å². The molecule has 2 heterocycles. The lowest BCUT2D eigenvalue weighted by Crippen LogP contribution is -2.61. The fourth-order valence-corrected chi connectivity index (χ4v) is 4.71. The highest BCUT2D eigenvalue weighted by Gasteiger charge is 2.34. The molecule has 1 aromatic carbocycles. The van der Waals surface area contributed by atoms with Gasteiger partial charge in [0.1, 0.15) is 24.2 Å². The zero-order valence-electron chi connectivity index (χ0n) is 24.2. The summed E-state index contributed by atoms with van der Waals surface area (Å²) in [6.07, 6.45) is 7.45. The number of cyclic esters (lactones) is 1. The Morgan fingerprint density at radius 2 is 1.77 bits per heavy atom. The summed E-state index contributed by atoms with van der Waals surface area (Å²) < 4.78 is 11.3. The van der Waals surface area contributed by atoms with Crippen molar-refractivity contribution in [2.75, 3.05) is 13.7 Å². The van der Waals surface area contributed by atoms with E-state index in [0.29, 0.717) is 19.4 Å². The Hall–Kier alpha value is -3.50. The first kappa shape index (κ1) is 31.0. The van der Waals surface area contributed by atoms with Gasteiger partial charge in [-0.2, -0.15) is 0 Å². The number of nitrogens with zero attached hydrogens (tertiary/aromatic N) is 1. The zero-order chi connectivity index (χ0) is 29.4. The fourth-order valence-electron chi connectivity index (χ4n) is 4.71. The number of esters is 1. The van der Waals surface area contributed by atoms with Gasteiger partial charge in [-0.3, -0.25) is 24.2 Å². The molecule has 2 aliphatic heterocycles. The third kappa shape index (κ3) is 8.02. The van der Waals surface area contributed by atoms with Gasteiger partial charge in [0.25, 0.3) is 5.91 Å². The van der Waals surface area contributed by atoms with E-state index in [2.05, 4.69) is 16.1 Å². The minimum atomic E-state index is -0.883. The number of hydrogen-bond donors (Lipinski definition) is 3. The molecular formula is C30H42N4O6. The van der Waals surface area contributed by atoms with Crippen molar-refractivity contribution in [1.82, 2.24) is 21.1 Å². The lowest BCUT2D eigenvalue weighted by Gasteiger charge is -2.35. The van der Waals surface area contributed by atoms with E-state index in [1.165, 1.54) is 12.1 Å². The maximum Gasteiger partial charge on any atom is 0.325 e. The van der Waals surface area contributed by atoms with Gasteiger partial charge in [0.15, 0.2) is 0 Å². The average Bonchev–Trinajstić information content (AvgIpc) is 2.94. The molecular weight excluding hydrogens is 512 g/mol. The first-order valence-electron chi connectivity index (χ1n) is 13.9.